The summed E-state index contributed by atoms with van der Waals surface area (Å²) in [6, 6.07) is 6.68. The lowest BCUT2D eigenvalue weighted by Gasteiger charge is -2.08. The van der Waals surface area contributed by atoms with E-state index in [9.17, 15) is 13.6 Å². The quantitative estimate of drug-likeness (QED) is 0.549. The van der Waals surface area contributed by atoms with Gasteiger partial charge in [-0.25, -0.2) is 8.78 Å². The number of nitrogen functional groups attached to an aromatic ring is 1. The minimum atomic E-state index is -2.50. The second-order valence-electron chi connectivity index (χ2n) is 3.68. The summed E-state index contributed by atoms with van der Waals surface area (Å²) in [5.41, 5.74) is 6.08. The van der Waals surface area contributed by atoms with Crippen molar-refractivity contribution >= 4 is 11.6 Å². The fraction of sp³-hybridized carbons (Fsp3) is 0.417. The van der Waals surface area contributed by atoms with Crippen molar-refractivity contribution < 1.29 is 23.0 Å². The number of rotatable bonds is 8. The van der Waals surface area contributed by atoms with Crippen molar-refractivity contribution in [2.75, 3.05) is 32.1 Å². The predicted molar refractivity (Wildman–Crippen MR) is 66.2 cm³/mol. The van der Waals surface area contributed by atoms with Crippen molar-refractivity contribution in [3.8, 4) is 5.75 Å². The lowest BCUT2D eigenvalue weighted by molar-refractivity contribution is -0.123. The third kappa shape index (κ3) is 7.20. The number of alkyl halides is 2. The Morgan fingerprint density at radius 2 is 2.21 bits per heavy atom. The standard InChI is InChI=1S/C12H16F2N2O3/c13-11(14)7-18-5-4-16-12(17)8-19-10-3-1-2-9(15)6-10/h1-3,6,11H,4-5,7-8,15H2,(H,16,17). The number of anilines is 1. The van der Waals surface area contributed by atoms with E-state index in [1.807, 2.05) is 0 Å². The van der Waals surface area contributed by atoms with Gasteiger partial charge in [0.1, 0.15) is 12.4 Å². The van der Waals surface area contributed by atoms with Gasteiger partial charge in [-0.1, -0.05) is 6.07 Å². The molecule has 0 bridgehead atoms. The van der Waals surface area contributed by atoms with Gasteiger partial charge in [0.05, 0.1) is 6.61 Å². The van der Waals surface area contributed by atoms with E-state index in [4.69, 9.17) is 10.5 Å². The molecule has 0 aliphatic heterocycles. The molecule has 0 unspecified atom stereocenters. The molecule has 106 valence electrons. The maximum absolute atomic E-state index is 11.7. The number of hydrogen-bond acceptors (Lipinski definition) is 4. The number of carbonyl (C=O) groups is 1. The first-order valence-electron chi connectivity index (χ1n) is 5.69. The molecule has 5 nitrogen and oxygen atoms in total. The van der Waals surface area contributed by atoms with Crippen molar-refractivity contribution in [3.63, 3.8) is 0 Å². The Morgan fingerprint density at radius 3 is 2.89 bits per heavy atom. The van der Waals surface area contributed by atoms with Crippen LogP contribution in [0.25, 0.3) is 0 Å². The van der Waals surface area contributed by atoms with E-state index in [-0.39, 0.29) is 25.7 Å². The van der Waals surface area contributed by atoms with E-state index in [2.05, 4.69) is 10.1 Å². The number of halogens is 2. The molecule has 0 aliphatic rings. The third-order valence-electron chi connectivity index (χ3n) is 2.04. The summed E-state index contributed by atoms with van der Waals surface area (Å²) in [6.07, 6.45) is -2.50. The second-order valence-corrected chi connectivity index (χ2v) is 3.68. The number of carbonyl (C=O) groups excluding carboxylic acids is 1. The van der Waals surface area contributed by atoms with Crippen molar-refractivity contribution in [1.82, 2.24) is 5.32 Å². The molecule has 0 saturated heterocycles. The zero-order valence-electron chi connectivity index (χ0n) is 10.3. The highest BCUT2D eigenvalue weighted by molar-refractivity contribution is 5.77. The average molecular weight is 274 g/mol. The van der Waals surface area contributed by atoms with Crippen LogP contribution in [-0.4, -0.2) is 38.7 Å². The van der Waals surface area contributed by atoms with Gasteiger partial charge in [0.2, 0.25) is 0 Å². The topological polar surface area (TPSA) is 73.6 Å². The molecule has 7 heteroatoms. The SMILES string of the molecule is Nc1cccc(OCC(=O)NCCOCC(F)F)c1. The van der Waals surface area contributed by atoms with Gasteiger partial charge in [-0.15, -0.1) is 0 Å². The lowest BCUT2D eigenvalue weighted by atomic mass is 10.3. The molecule has 0 saturated carbocycles. The van der Waals surface area contributed by atoms with E-state index < -0.39 is 13.0 Å². The van der Waals surface area contributed by atoms with Crippen LogP contribution < -0.4 is 15.8 Å². The molecule has 1 amide bonds. The van der Waals surface area contributed by atoms with Crippen LogP contribution in [0.5, 0.6) is 5.75 Å². The Morgan fingerprint density at radius 1 is 1.42 bits per heavy atom. The van der Waals surface area contributed by atoms with Crippen molar-refractivity contribution in [1.29, 1.82) is 0 Å². The van der Waals surface area contributed by atoms with Crippen molar-refractivity contribution in [2.45, 2.75) is 6.43 Å². The number of benzene rings is 1. The summed E-state index contributed by atoms with van der Waals surface area (Å²) in [7, 11) is 0. The highest BCUT2D eigenvalue weighted by atomic mass is 19.3. The molecule has 0 spiro atoms. The summed E-state index contributed by atoms with van der Waals surface area (Å²) in [5.74, 6) is 0.132. The van der Waals surface area contributed by atoms with Gasteiger partial charge in [-0.05, 0) is 12.1 Å². The van der Waals surface area contributed by atoms with Crippen LogP contribution in [0.2, 0.25) is 0 Å². The summed E-state index contributed by atoms with van der Waals surface area (Å²) in [4.78, 5) is 11.3. The molecule has 0 fully saturated rings. The Balaban J connectivity index is 2.11. The minimum absolute atomic E-state index is 0.0361. The molecular formula is C12H16F2N2O3. The Hall–Kier alpha value is -1.89. The van der Waals surface area contributed by atoms with Crippen LogP contribution >= 0.6 is 0 Å². The Kier molecular flexibility index (Phi) is 6.59. The number of nitrogens with one attached hydrogen (secondary N) is 1. The summed E-state index contributed by atoms with van der Waals surface area (Å²) < 4.78 is 33.2. The second kappa shape index (κ2) is 8.25. The van der Waals surface area contributed by atoms with Crippen LogP contribution in [0.1, 0.15) is 0 Å². The van der Waals surface area contributed by atoms with E-state index in [1.165, 1.54) is 0 Å². The van der Waals surface area contributed by atoms with Crippen LogP contribution in [0.3, 0.4) is 0 Å². The van der Waals surface area contributed by atoms with Gasteiger partial charge >= 0.3 is 0 Å². The monoisotopic (exact) mass is 274 g/mol. The van der Waals surface area contributed by atoms with E-state index >= 15 is 0 Å². The molecule has 0 aromatic heterocycles. The first kappa shape index (κ1) is 15.2. The van der Waals surface area contributed by atoms with Crippen LogP contribution in [0, 0.1) is 0 Å². The number of ether oxygens (including phenoxy) is 2. The molecule has 3 N–H and O–H groups in total. The fourth-order valence-electron chi connectivity index (χ4n) is 1.24. The zero-order valence-corrected chi connectivity index (χ0v) is 10.3. The van der Waals surface area contributed by atoms with E-state index in [0.29, 0.717) is 11.4 Å². The number of amides is 1. The van der Waals surface area contributed by atoms with Gasteiger partial charge in [0.25, 0.3) is 12.3 Å². The van der Waals surface area contributed by atoms with Crippen LogP contribution in [0.4, 0.5) is 14.5 Å². The van der Waals surface area contributed by atoms with Gasteiger partial charge in [0, 0.05) is 18.3 Å². The molecular weight excluding hydrogens is 258 g/mol. The van der Waals surface area contributed by atoms with Gasteiger partial charge in [0.15, 0.2) is 6.61 Å². The van der Waals surface area contributed by atoms with E-state index in [0.717, 1.165) is 0 Å². The molecule has 0 aliphatic carbocycles. The molecule has 1 aromatic carbocycles. The highest BCUT2D eigenvalue weighted by Crippen LogP contribution is 2.13. The molecule has 1 aromatic rings. The maximum atomic E-state index is 11.7. The fourth-order valence-corrected chi connectivity index (χ4v) is 1.24. The van der Waals surface area contributed by atoms with E-state index in [1.54, 1.807) is 24.3 Å². The molecule has 0 radical (unpaired) electrons. The zero-order chi connectivity index (χ0) is 14.1. The molecule has 19 heavy (non-hydrogen) atoms. The first-order valence-corrected chi connectivity index (χ1v) is 5.69. The average Bonchev–Trinajstić information content (AvgIpc) is 2.35. The van der Waals surface area contributed by atoms with Crippen molar-refractivity contribution in [2.24, 2.45) is 0 Å². The first-order chi connectivity index (χ1) is 9.08. The normalized spacial score (nSPS) is 10.5. The maximum Gasteiger partial charge on any atom is 0.261 e. The minimum Gasteiger partial charge on any atom is -0.484 e. The summed E-state index contributed by atoms with van der Waals surface area (Å²) in [6.45, 7) is -0.603. The number of hydrogen-bond donors (Lipinski definition) is 2. The smallest absolute Gasteiger partial charge is 0.261 e. The van der Waals surface area contributed by atoms with Gasteiger partial charge in [-0.2, -0.15) is 0 Å². The van der Waals surface area contributed by atoms with Gasteiger partial charge < -0.3 is 20.5 Å². The van der Waals surface area contributed by atoms with Gasteiger partial charge in [-0.3, -0.25) is 4.79 Å². The largest absolute Gasteiger partial charge is 0.484 e. The van der Waals surface area contributed by atoms with Crippen LogP contribution in [0.15, 0.2) is 24.3 Å². The summed E-state index contributed by atoms with van der Waals surface area (Å²) >= 11 is 0. The molecule has 1 rings (SSSR count). The Bertz CT molecular complexity index is 402. The third-order valence-corrected chi connectivity index (χ3v) is 2.04. The lowest BCUT2D eigenvalue weighted by Crippen LogP contribution is -2.32. The highest BCUT2D eigenvalue weighted by Gasteiger charge is 2.04. The molecule has 0 heterocycles. The predicted octanol–water partition coefficient (Wildman–Crippen LogP) is 1.05. The van der Waals surface area contributed by atoms with Crippen LogP contribution in [-0.2, 0) is 9.53 Å². The Labute approximate surface area is 109 Å². The summed E-state index contributed by atoms with van der Waals surface area (Å²) in [5, 5.41) is 2.48. The molecule has 0 atom stereocenters. The number of nitrogens with two attached hydrogens (primary N) is 1. The van der Waals surface area contributed by atoms with Crippen molar-refractivity contribution in [3.05, 3.63) is 24.3 Å².